The predicted octanol–water partition coefficient (Wildman–Crippen LogP) is 3.00. The lowest BCUT2D eigenvalue weighted by Crippen LogP contribution is -2.43. The third-order valence-corrected chi connectivity index (χ3v) is 4.31. The zero-order valence-electron chi connectivity index (χ0n) is 13.3. The lowest BCUT2D eigenvalue weighted by Gasteiger charge is -2.32. The van der Waals surface area contributed by atoms with Crippen LogP contribution in [0.25, 0.3) is 0 Å². The van der Waals surface area contributed by atoms with Gasteiger partial charge in [0.1, 0.15) is 5.75 Å². The molecule has 0 radical (unpaired) electrons. The van der Waals surface area contributed by atoms with Gasteiger partial charge in [-0.05, 0) is 55.7 Å². The molecule has 0 aromatic heterocycles. The summed E-state index contributed by atoms with van der Waals surface area (Å²) in [7, 11) is 1.74. The van der Waals surface area contributed by atoms with E-state index in [2.05, 4.69) is 49.2 Å². The minimum Gasteiger partial charge on any atom is -0.497 e. The summed E-state index contributed by atoms with van der Waals surface area (Å²) >= 11 is 0. The zero-order chi connectivity index (χ0) is 14.5. The van der Waals surface area contributed by atoms with Gasteiger partial charge in [0.15, 0.2) is 0 Å². The fourth-order valence-electron chi connectivity index (χ4n) is 3.38. The molecule has 2 atom stereocenters. The van der Waals surface area contributed by atoms with Gasteiger partial charge in [0.05, 0.1) is 7.11 Å². The SMILES string of the molecule is CCCN(CC)C1Cc2ccc(OC)cc2C1NCC. The van der Waals surface area contributed by atoms with E-state index in [4.69, 9.17) is 4.74 Å². The van der Waals surface area contributed by atoms with E-state index in [1.54, 1.807) is 7.11 Å². The van der Waals surface area contributed by atoms with E-state index in [9.17, 15) is 0 Å². The van der Waals surface area contributed by atoms with Gasteiger partial charge in [0, 0.05) is 12.1 Å². The van der Waals surface area contributed by atoms with Crippen LogP contribution in [0.5, 0.6) is 5.75 Å². The van der Waals surface area contributed by atoms with Crippen LogP contribution >= 0.6 is 0 Å². The van der Waals surface area contributed by atoms with Crippen molar-refractivity contribution in [2.45, 2.75) is 45.7 Å². The van der Waals surface area contributed by atoms with Gasteiger partial charge >= 0.3 is 0 Å². The fraction of sp³-hybridized carbons (Fsp3) is 0.647. The Morgan fingerprint density at radius 1 is 1.30 bits per heavy atom. The van der Waals surface area contributed by atoms with Gasteiger partial charge in [0.25, 0.3) is 0 Å². The lowest BCUT2D eigenvalue weighted by molar-refractivity contribution is 0.175. The summed E-state index contributed by atoms with van der Waals surface area (Å²) in [5, 5.41) is 3.68. The summed E-state index contributed by atoms with van der Waals surface area (Å²) in [5.74, 6) is 0.964. The number of rotatable bonds is 7. The highest BCUT2D eigenvalue weighted by Gasteiger charge is 2.35. The molecular formula is C17H28N2O. The Labute approximate surface area is 123 Å². The Hall–Kier alpha value is -1.06. The molecule has 0 spiro atoms. The Kier molecular flexibility index (Phi) is 5.44. The van der Waals surface area contributed by atoms with Gasteiger partial charge in [-0.25, -0.2) is 0 Å². The maximum atomic E-state index is 5.39. The number of benzene rings is 1. The van der Waals surface area contributed by atoms with Crippen LogP contribution in [-0.2, 0) is 6.42 Å². The van der Waals surface area contributed by atoms with Crippen molar-refractivity contribution in [3.05, 3.63) is 29.3 Å². The monoisotopic (exact) mass is 276 g/mol. The molecule has 3 nitrogen and oxygen atoms in total. The molecule has 0 amide bonds. The highest BCUT2D eigenvalue weighted by Crippen LogP contribution is 2.36. The van der Waals surface area contributed by atoms with Gasteiger partial charge in [0.2, 0.25) is 0 Å². The van der Waals surface area contributed by atoms with Crippen LogP contribution in [0.1, 0.15) is 44.4 Å². The average Bonchev–Trinajstić information content (AvgIpc) is 2.83. The molecule has 0 bridgehead atoms. The maximum absolute atomic E-state index is 5.39. The van der Waals surface area contributed by atoms with Gasteiger partial charge in [-0.2, -0.15) is 0 Å². The standard InChI is InChI=1S/C17H28N2O/c1-5-10-19(7-3)16-11-13-8-9-14(20-4)12-15(13)17(16)18-6-2/h8-9,12,16-18H,5-7,10-11H2,1-4H3. The van der Waals surface area contributed by atoms with E-state index in [1.165, 1.54) is 24.1 Å². The number of hydrogen-bond acceptors (Lipinski definition) is 3. The highest BCUT2D eigenvalue weighted by atomic mass is 16.5. The second kappa shape index (κ2) is 7.09. The molecule has 1 aromatic carbocycles. The van der Waals surface area contributed by atoms with Gasteiger partial charge in [-0.1, -0.05) is 26.8 Å². The minimum absolute atomic E-state index is 0.427. The maximum Gasteiger partial charge on any atom is 0.119 e. The molecule has 0 heterocycles. The smallest absolute Gasteiger partial charge is 0.119 e. The van der Waals surface area contributed by atoms with E-state index < -0.39 is 0 Å². The number of fused-ring (bicyclic) bond motifs is 1. The van der Waals surface area contributed by atoms with Gasteiger partial charge < -0.3 is 10.1 Å². The molecular weight excluding hydrogens is 248 g/mol. The predicted molar refractivity (Wildman–Crippen MR) is 84.4 cm³/mol. The first-order valence-corrected chi connectivity index (χ1v) is 7.89. The first-order valence-electron chi connectivity index (χ1n) is 7.89. The van der Waals surface area contributed by atoms with Crippen LogP contribution in [0, 0.1) is 0 Å². The number of likely N-dealkylation sites (N-methyl/N-ethyl adjacent to an activating group) is 2. The van der Waals surface area contributed by atoms with Crippen LogP contribution in [0.4, 0.5) is 0 Å². The van der Waals surface area contributed by atoms with E-state index in [-0.39, 0.29) is 0 Å². The Morgan fingerprint density at radius 3 is 2.70 bits per heavy atom. The van der Waals surface area contributed by atoms with Crippen LogP contribution < -0.4 is 10.1 Å². The van der Waals surface area contributed by atoms with Crippen LogP contribution in [0.15, 0.2) is 18.2 Å². The number of methoxy groups -OCH3 is 1. The molecule has 0 saturated carbocycles. The van der Waals surface area contributed by atoms with Crippen molar-refractivity contribution in [3.63, 3.8) is 0 Å². The van der Waals surface area contributed by atoms with Crippen molar-refractivity contribution >= 4 is 0 Å². The average molecular weight is 276 g/mol. The summed E-state index contributed by atoms with van der Waals surface area (Å²) in [6.07, 6.45) is 2.35. The van der Waals surface area contributed by atoms with Gasteiger partial charge in [-0.15, -0.1) is 0 Å². The van der Waals surface area contributed by atoms with Crippen molar-refractivity contribution < 1.29 is 4.74 Å². The molecule has 2 unspecified atom stereocenters. The zero-order valence-corrected chi connectivity index (χ0v) is 13.3. The Morgan fingerprint density at radius 2 is 2.10 bits per heavy atom. The van der Waals surface area contributed by atoms with Crippen molar-refractivity contribution in [1.29, 1.82) is 0 Å². The van der Waals surface area contributed by atoms with E-state index >= 15 is 0 Å². The summed E-state index contributed by atoms with van der Waals surface area (Å²) < 4.78 is 5.39. The fourth-order valence-corrected chi connectivity index (χ4v) is 3.38. The van der Waals surface area contributed by atoms with Crippen molar-refractivity contribution in [3.8, 4) is 5.75 Å². The lowest BCUT2D eigenvalue weighted by atomic mass is 10.1. The van der Waals surface area contributed by atoms with Crippen LogP contribution in [0.2, 0.25) is 0 Å². The molecule has 112 valence electrons. The molecule has 3 heteroatoms. The summed E-state index contributed by atoms with van der Waals surface area (Å²) in [6.45, 7) is 10.0. The first kappa shape index (κ1) is 15.3. The second-order valence-electron chi connectivity index (χ2n) is 5.50. The Balaban J connectivity index is 2.28. The quantitative estimate of drug-likeness (QED) is 0.828. The van der Waals surface area contributed by atoms with E-state index in [0.717, 1.165) is 25.3 Å². The molecule has 1 aromatic rings. The number of ether oxygens (including phenoxy) is 1. The Bertz CT molecular complexity index is 433. The molecule has 2 rings (SSSR count). The summed E-state index contributed by atoms with van der Waals surface area (Å²) in [6, 6.07) is 7.53. The van der Waals surface area contributed by atoms with Crippen LogP contribution in [0.3, 0.4) is 0 Å². The number of nitrogens with one attached hydrogen (secondary N) is 1. The normalized spacial score (nSPS) is 21.2. The number of nitrogens with zero attached hydrogens (tertiary/aromatic N) is 1. The summed E-state index contributed by atoms with van der Waals surface area (Å²) in [5.41, 5.74) is 2.89. The highest BCUT2D eigenvalue weighted by molar-refractivity contribution is 5.42. The van der Waals surface area contributed by atoms with Crippen molar-refractivity contribution in [1.82, 2.24) is 10.2 Å². The molecule has 0 aliphatic heterocycles. The van der Waals surface area contributed by atoms with Crippen LogP contribution in [-0.4, -0.2) is 37.7 Å². The van der Waals surface area contributed by atoms with E-state index in [0.29, 0.717) is 12.1 Å². The molecule has 1 aliphatic carbocycles. The minimum atomic E-state index is 0.427. The molecule has 20 heavy (non-hydrogen) atoms. The largest absolute Gasteiger partial charge is 0.497 e. The molecule has 1 aliphatic rings. The molecule has 0 fully saturated rings. The van der Waals surface area contributed by atoms with Crippen molar-refractivity contribution in [2.75, 3.05) is 26.7 Å². The van der Waals surface area contributed by atoms with Gasteiger partial charge in [-0.3, -0.25) is 4.90 Å². The van der Waals surface area contributed by atoms with E-state index in [1.807, 2.05) is 0 Å². The number of hydrogen-bond donors (Lipinski definition) is 1. The second-order valence-corrected chi connectivity index (χ2v) is 5.50. The third-order valence-electron chi connectivity index (χ3n) is 4.31. The summed E-state index contributed by atoms with van der Waals surface area (Å²) in [4.78, 5) is 2.61. The molecule has 1 N–H and O–H groups in total. The third kappa shape index (κ3) is 2.99. The first-order chi connectivity index (χ1) is 9.74. The van der Waals surface area contributed by atoms with Crippen molar-refractivity contribution in [2.24, 2.45) is 0 Å². The molecule has 0 saturated heterocycles. The topological polar surface area (TPSA) is 24.5 Å².